The molecule has 1 aliphatic rings. The summed E-state index contributed by atoms with van der Waals surface area (Å²) in [6, 6.07) is 5.76. The van der Waals surface area contributed by atoms with E-state index in [-0.39, 0.29) is 16.6 Å². The molecule has 0 saturated carbocycles. The zero-order valence-electron chi connectivity index (χ0n) is 15.3. The van der Waals surface area contributed by atoms with Crippen molar-refractivity contribution in [1.82, 2.24) is 0 Å². The Morgan fingerprint density at radius 1 is 1.08 bits per heavy atom. The van der Waals surface area contributed by atoms with Gasteiger partial charge in [0.05, 0.1) is 0 Å². The molecule has 0 bridgehead atoms. The number of quaternary nitrogens is 1. The van der Waals surface area contributed by atoms with E-state index in [4.69, 9.17) is 5.41 Å². The van der Waals surface area contributed by atoms with Crippen LogP contribution < -0.4 is 10.8 Å². The summed E-state index contributed by atoms with van der Waals surface area (Å²) in [5, 5.41) is 20.5. The second-order valence-corrected chi connectivity index (χ2v) is 8.21. The van der Waals surface area contributed by atoms with Crippen molar-refractivity contribution in [2.24, 2.45) is 10.5 Å². The largest absolute Gasteiger partial charge is 0.503 e. The summed E-state index contributed by atoms with van der Waals surface area (Å²) in [5.41, 5.74) is 5.15. The molecular formula is C20H29N3O+2. The number of phenols is 1. The number of aromatic hydroxyl groups is 1. The average Bonchev–Trinajstić information content (AvgIpc) is 2.45. The molecule has 128 valence electrons. The molecule has 0 aromatic heterocycles. The highest BCUT2D eigenvalue weighted by molar-refractivity contribution is 6.48. The summed E-state index contributed by atoms with van der Waals surface area (Å²) in [4.78, 5) is 0. The molecule has 1 aromatic rings. The summed E-state index contributed by atoms with van der Waals surface area (Å²) < 4.78 is 0. The minimum atomic E-state index is 0.0142. The topological polar surface area (TPSA) is 74.8 Å². The number of nitrogens with zero attached hydrogens (tertiary/aromatic N) is 1. The van der Waals surface area contributed by atoms with Crippen molar-refractivity contribution in [1.29, 1.82) is 0 Å². The lowest BCUT2D eigenvalue weighted by Crippen LogP contribution is -2.72. The lowest BCUT2D eigenvalue weighted by Gasteiger charge is -2.33. The van der Waals surface area contributed by atoms with Crippen molar-refractivity contribution in [3.8, 4) is 5.75 Å². The first-order valence-electron chi connectivity index (χ1n) is 8.31. The normalized spacial score (nSPS) is 16.9. The van der Waals surface area contributed by atoms with Gasteiger partial charge in [0.15, 0.2) is 17.1 Å². The number of nitrogens with two attached hydrogens (primary N) is 2. The minimum Gasteiger partial charge on any atom is -0.503 e. The van der Waals surface area contributed by atoms with Gasteiger partial charge in [-0.2, -0.15) is 5.43 Å². The average molecular weight is 327 g/mol. The molecular weight excluding hydrogens is 298 g/mol. The maximum atomic E-state index is 10.2. The van der Waals surface area contributed by atoms with Crippen LogP contribution >= 0.6 is 0 Å². The van der Waals surface area contributed by atoms with E-state index in [0.717, 1.165) is 6.42 Å². The molecule has 0 fully saturated rings. The van der Waals surface area contributed by atoms with Crippen molar-refractivity contribution in [2.45, 2.75) is 46.5 Å². The number of benzene rings is 1. The van der Waals surface area contributed by atoms with Crippen LogP contribution in [0.2, 0.25) is 0 Å². The highest BCUT2D eigenvalue weighted by Gasteiger charge is 2.28. The van der Waals surface area contributed by atoms with Crippen LogP contribution in [0.4, 0.5) is 5.69 Å². The first-order chi connectivity index (χ1) is 11.1. The van der Waals surface area contributed by atoms with Gasteiger partial charge in [-0.15, -0.1) is 0 Å². The molecule has 2 rings (SSSR count). The van der Waals surface area contributed by atoms with E-state index in [1.165, 1.54) is 5.56 Å². The Balaban J connectivity index is 2.26. The predicted octanol–water partition coefficient (Wildman–Crippen LogP) is 1.98. The molecule has 1 aromatic carbocycles. The van der Waals surface area contributed by atoms with E-state index >= 15 is 0 Å². The number of rotatable bonds is 4. The van der Waals surface area contributed by atoms with E-state index in [1.54, 1.807) is 11.5 Å². The maximum Gasteiger partial charge on any atom is 0.228 e. The van der Waals surface area contributed by atoms with Gasteiger partial charge >= 0.3 is 0 Å². The van der Waals surface area contributed by atoms with E-state index in [2.05, 4.69) is 39.7 Å². The minimum absolute atomic E-state index is 0.0142. The zero-order chi connectivity index (χ0) is 18.0. The smallest absolute Gasteiger partial charge is 0.228 e. The highest BCUT2D eigenvalue weighted by atomic mass is 16.3. The molecule has 0 radical (unpaired) electrons. The Bertz CT molecular complexity index is 719. The fraction of sp³-hybridized carbons (Fsp3) is 0.400. The summed E-state index contributed by atoms with van der Waals surface area (Å²) in [5.74, 6) is 0.226. The molecule has 0 amide bonds. The number of hydrogen-bond donors (Lipinski definition) is 3. The molecule has 0 aliphatic heterocycles. The number of phenolic OH excluding ortho intramolecular Hbond substituents is 1. The Morgan fingerprint density at radius 2 is 1.75 bits per heavy atom. The molecule has 24 heavy (non-hydrogen) atoms. The Kier molecular flexibility index (Phi) is 5.09. The van der Waals surface area contributed by atoms with Crippen LogP contribution in [0.3, 0.4) is 0 Å². The van der Waals surface area contributed by atoms with Crippen molar-refractivity contribution < 1.29 is 15.9 Å². The fourth-order valence-electron chi connectivity index (χ4n) is 3.25. The van der Waals surface area contributed by atoms with Crippen LogP contribution in [0.5, 0.6) is 5.75 Å². The third-order valence-electron chi connectivity index (χ3n) is 4.06. The van der Waals surface area contributed by atoms with Gasteiger partial charge in [-0.25, -0.2) is 0 Å². The van der Waals surface area contributed by atoms with E-state index in [0.29, 0.717) is 17.1 Å². The second-order valence-electron chi connectivity index (χ2n) is 8.21. The van der Waals surface area contributed by atoms with Gasteiger partial charge in [-0.3, -0.25) is 5.41 Å². The first-order valence-corrected chi connectivity index (χ1v) is 8.31. The first kappa shape index (κ1) is 18.1. The fourth-order valence-corrected chi connectivity index (χ4v) is 3.25. The molecule has 0 unspecified atom stereocenters. The second kappa shape index (κ2) is 6.73. The summed E-state index contributed by atoms with van der Waals surface area (Å²) in [7, 11) is 0. The van der Waals surface area contributed by atoms with Gasteiger partial charge < -0.3 is 5.11 Å². The Hall–Kier alpha value is -2.20. The van der Waals surface area contributed by atoms with Crippen LogP contribution in [0.15, 0.2) is 47.6 Å². The predicted molar refractivity (Wildman–Crippen MR) is 99.4 cm³/mol. The highest BCUT2D eigenvalue weighted by Crippen LogP contribution is 2.37. The number of hydrogen-bond acceptors (Lipinski definition) is 2. The van der Waals surface area contributed by atoms with Crippen LogP contribution in [-0.2, 0) is 5.41 Å². The third-order valence-corrected chi connectivity index (χ3v) is 4.06. The summed E-state index contributed by atoms with van der Waals surface area (Å²) >= 11 is 0. The van der Waals surface area contributed by atoms with Crippen LogP contribution in [0.1, 0.15) is 46.6 Å². The molecule has 0 atom stereocenters. The quantitative estimate of drug-likeness (QED) is 0.255. The van der Waals surface area contributed by atoms with Crippen LogP contribution in [0, 0.1) is 5.41 Å². The molecule has 5 N–H and O–H groups in total. The lowest BCUT2D eigenvalue weighted by molar-refractivity contribution is -0.577. The van der Waals surface area contributed by atoms with Gasteiger partial charge in [0.1, 0.15) is 0 Å². The summed E-state index contributed by atoms with van der Waals surface area (Å²) in [6.45, 7) is 11.2. The molecule has 4 nitrogen and oxygen atoms in total. The standard InChI is InChI=1S/C20H27N3O/c1-19(2,3)13-20(4,5)14-10-11-18(24)17(12-14)23-22-16-9-7-6-8-15(16)21/h6-12,21,23-24H,13H2,1-5H3/p+2. The molecule has 1 aliphatic carbocycles. The van der Waals surface area contributed by atoms with Gasteiger partial charge in [0.25, 0.3) is 0 Å². The van der Waals surface area contributed by atoms with Crippen molar-refractivity contribution >= 4 is 17.1 Å². The lowest BCUT2D eigenvalue weighted by atomic mass is 9.72. The van der Waals surface area contributed by atoms with Crippen LogP contribution in [-0.4, -0.2) is 16.5 Å². The van der Waals surface area contributed by atoms with Gasteiger partial charge in [-0.05, 0) is 35.0 Å². The van der Waals surface area contributed by atoms with Gasteiger partial charge in [0, 0.05) is 12.1 Å². The third kappa shape index (κ3) is 4.65. The van der Waals surface area contributed by atoms with Crippen molar-refractivity contribution in [3.05, 3.63) is 48.1 Å². The van der Waals surface area contributed by atoms with E-state index in [9.17, 15) is 5.11 Å². The maximum absolute atomic E-state index is 10.2. The van der Waals surface area contributed by atoms with Gasteiger partial charge in [-0.1, -0.05) is 57.9 Å². The van der Waals surface area contributed by atoms with E-state index < -0.39 is 0 Å². The Labute approximate surface area is 144 Å². The molecule has 0 saturated heterocycles. The Morgan fingerprint density at radius 3 is 2.38 bits per heavy atom. The van der Waals surface area contributed by atoms with Crippen molar-refractivity contribution in [2.75, 3.05) is 0 Å². The monoisotopic (exact) mass is 327 g/mol. The molecule has 0 spiro atoms. The van der Waals surface area contributed by atoms with E-state index in [1.807, 2.05) is 36.4 Å². The zero-order valence-corrected chi connectivity index (χ0v) is 15.3. The van der Waals surface area contributed by atoms with Crippen molar-refractivity contribution in [3.63, 3.8) is 0 Å². The number of allylic oxidation sites excluding steroid dienone is 4. The molecule has 4 heteroatoms. The van der Waals surface area contributed by atoms with Gasteiger partial charge in [0.2, 0.25) is 5.71 Å². The van der Waals surface area contributed by atoms with Crippen LogP contribution in [0.25, 0.3) is 0 Å². The summed E-state index contributed by atoms with van der Waals surface area (Å²) in [6.07, 6.45) is 8.49. The SMILES string of the molecule is CC(C)(C)CC(C)(C)c1ccc(O)c([NH2+]N=C2C=CC=CC2=[NH2+])c1. The molecule has 0 heterocycles.